The van der Waals surface area contributed by atoms with E-state index in [2.05, 4.69) is 15.6 Å². The van der Waals surface area contributed by atoms with Crippen molar-refractivity contribution in [3.05, 3.63) is 53.2 Å². The Labute approximate surface area is 217 Å². The van der Waals surface area contributed by atoms with Crippen LogP contribution in [0, 0.1) is 5.92 Å². The zero-order chi connectivity index (χ0) is 25.9. The lowest BCUT2D eigenvalue weighted by Gasteiger charge is -2.47. The van der Waals surface area contributed by atoms with Crippen LogP contribution in [0.15, 0.2) is 41.9 Å². The Hall–Kier alpha value is -3.63. The Kier molecular flexibility index (Phi) is 5.61. The molecule has 0 spiro atoms. The number of hydrogen-bond donors (Lipinski definition) is 3. The van der Waals surface area contributed by atoms with Gasteiger partial charge in [0, 0.05) is 29.1 Å². The summed E-state index contributed by atoms with van der Waals surface area (Å²) in [4.78, 5) is 41.8. The molecule has 5 heterocycles. The van der Waals surface area contributed by atoms with E-state index in [4.69, 9.17) is 9.97 Å². The molecule has 2 amide bonds. The molecule has 10 heteroatoms. The maximum Gasteiger partial charge on any atom is 0.261 e. The molecule has 0 aliphatic carbocycles. The average Bonchev–Trinajstić information content (AvgIpc) is 3.58. The van der Waals surface area contributed by atoms with Gasteiger partial charge in [0.25, 0.3) is 11.8 Å². The van der Waals surface area contributed by atoms with Crippen LogP contribution >= 0.6 is 11.3 Å². The number of amides is 2. The van der Waals surface area contributed by atoms with E-state index >= 15 is 4.39 Å². The molecule has 37 heavy (non-hydrogen) atoms. The van der Waals surface area contributed by atoms with Crippen molar-refractivity contribution < 1.29 is 14.0 Å². The number of benzene rings is 1. The number of carbonyl (C=O) groups excluding carboxylic acids is 2. The molecular weight excluding hydrogens is 491 g/mol. The smallest absolute Gasteiger partial charge is 0.261 e. The molecule has 2 unspecified atom stereocenters. The van der Waals surface area contributed by atoms with Crippen LogP contribution in [0.5, 0.6) is 0 Å². The van der Waals surface area contributed by atoms with E-state index in [-0.39, 0.29) is 23.6 Å². The highest BCUT2D eigenvalue weighted by molar-refractivity contribution is 7.16. The van der Waals surface area contributed by atoms with Gasteiger partial charge >= 0.3 is 0 Å². The van der Waals surface area contributed by atoms with Gasteiger partial charge in [-0.15, -0.1) is 11.3 Å². The lowest BCUT2D eigenvalue weighted by atomic mass is 9.77. The van der Waals surface area contributed by atoms with Crippen LogP contribution in [0.3, 0.4) is 0 Å². The summed E-state index contributed by atoms with van der Waals surface area (Å²) < 4.78 is 15.6. The van der Waals surface area contributed by atoms with Crippen molar-refractivity contribution >= 4 is 61.4 Å². The molecule has 4 aromatic rings. The summed E-state index contributed by atoms with van der Waals surface area (Å²) >= 11 is 1.53. The van der Waals surface area contributed by atoms with Crippen LogP contribution < -0.4 is 15.5 Å². The van der Waals surface area contributed by atoms with Gasteiger partial charge in [-0.3, -0.25) is 14.9 Å². The second-order valence-corrected chi connectivity index (χ2v) is 10.8. The summed E-state index contributed by atoms with van der Waals surface area (Å²) in [6, 6.07) is 9.31. The molecule has 0 saturated carbocycles. The third-order valence-corrected chi connectivity index (χ3v) is 8.69. The first-order valence-electron chi connectivity index (χ1n) is 12.3. The van der Waals surface area contributed by atoms with E-state index in [1.165, 1.54) is 11.3 Å². The molecule has 1 fully saturated rings. The quantitative estimate of drug-likeness (QED) is 0.346. The number of thiophene rings is 1. The number of imide groups is 1. The minimum absolute atomic E-state index is 0.110. The first-order valence-corrected chi connectivity index (χ1v) is 13.2. The number of aromatic nitrogens is 3. The predicted molar refractivity (Wildman–Crippen MR) is 144 cm³/mol. The Morgan fingerprint density at radius 3 is 2.68 bits per heavy atom. The molecule has 1 saturated heterocycles. The molecule has 0 radical (unpaired) electrons. The summed E-state index contributed by atoms with van der Waals surface area (Å²) in [5.74, 6) is -0.512. The highest BCUT2D eigenvalue weighted by atomic mass is 32.1. The molecule has 3 aromatic heterocycles. The molecule has 0 bridgehead atoms. The molecule has 2 aliphatic rings. The number of nitrogens with zero attached hydrogens (tertiary/aromatic N) is 3. The molecule has 3 N–H and O–H groups in total. The number of piperidine rings is 1. The van der Waals surface area contributed by atoms with Gasteiger partial charge in [0.15, 0.2) is 0 Å². The van der Waals surface area contributed by atoms with E-state index in [0.29, 0.717) is 41.1 Å². The zero-order valence-corrected chi connectivity index (χ0v) is 21.6. The molecular formula is C27H27FN6O2S. The number of anilines is 1. The lowest BCUT2D eigenvalue weighted by Crippen LogP contribution is -2.63. The van der Waals surface area contributed by atoms with Crippen molar-refractivity contribution in [2.24, 2.45) is 5.92 Å². The van der Waals surface area contributed by atoms with Gasteiger partial charge in [-0.1, -0.05) is 32.0 Å². The van der Waals surface area contributed by atoms with Crippen LogP contribution in [0.25, 0.3) is 32.3 Å². The van der Waals surface area contributed by atoms with Crippen molar-refractivity contribution in [2.75, 3.05) is 25.0 Å². The van der Waals surface area contributed by atoms with E-state index in [0.717, 1.165) is 10.2 Å². The molecule has 1 aromatic carbocycles. The molecule has 2 atom stereocenters. The monoisotopic (exact) mass is 518 g/mol. The summed E-state index contributed by atoms with van der Waals surface area (Å²) in [6.07, 6.45) is 1.20. The van der Waals surface area contributed by atoms with E-state index in [9.17, 15) is 9.59 Å². The Morgan fingerprint density at radius 2 is 1.92 bits per heavy atom. The second kappa shape index (κ2) is 8.74. The van der Waals surface area contributed by atoms with Gasteiger partial charge in [0.1, 0.15) is 11.0 Å². The van der Waals surface area contributed by atoms with Gasteiger partial charge in [-0.25, -0.2) is 14.4 Å². The molecule has 6 rings (SSSR count). The van der Waals surface area contributed by atoms with Gasteiger partial charge in [0.2, 0.25) is 5.95 Å². The van der Waals surface area contributed by atoms with Crippen LogP contribution in [0.4, 0.5) is 10.3 Å². The summed E-state index contributed by atoms with van der Waals surface area (Å²) in [5, 5.41) is 9.14. The summed E-state index contributed by atoms with van der Waals surface area (Å²) in [5.41, 5.74) is 1.51. The fourth-order valence-corrected chi connectivity index (χ4v) is 6.49. The normalized spacial score (nSPS) is 22.6. The van der Waals surface area contributed by atoms with E-state index < -0.39 is 23.5 Å². The number of H-pyrrole nitrogens is 1. The number of aromatic amines is 1. The van der Waals surface area contributed by atoms with Crippen molar-refractivity contribution in [3.8, 4) is 0 Å². The van der Waals surface area contributed by atoms with Gasteiger partial charge in [-0.2, -0.15) is 0 Å². The third-order valence-electron chi connectivity index (χ3n) is 7.85. The molecule has 8 nitrogen and oxygen atoms in total. The number of halogens is 1. The highest BCUT2D eigenvalue weighted by Crippen LogP contribution is 2.39. The Morgan fingerprint density at radius 1 is 1.14 bits per heavy atom. The number of carbonyl (C=O) groups is 2. The van der Waals surface area contributed by atoms with Crippen molar-refractivity contribution in [2.45, 2.75) is 32.0 Å². The largest absolute Gasteiger partial charge is 0.352 e. The van der Waals surface area contributed by atoms with Crippen LogP contribution in [0.1, 0.15) is 31.5 Å². The number of nitrogens with one attached hydrogen (secondary N) is 3. The van der Waals surface area contributed by atoms with Gasteiger partial charge < -0.3 is 15.2 Å². The SMILES string of the molecule is CNC1(C(C)C)CCN(c2nc(C3=C(c4c[nH]c5sccc45)C(=O)NC3=O)c3ccccc3n2)CC1F. The number of para-hydroxylation sites is 1. The van der Waals surface area contributed by atoms with Gasteiger partial charge in [0.05, 0.1) is 34.4 Å². The minimum atomic E-state index is -1.14. The number of alkyl halides is 1. The fraction of sp³-hybridized carbons (Fsp3) is 0.333. The van der Waals surface area contributed by atoms with Crippen molar-refractivity contribution in [3.63, 3.8) is 0 Å². The van der Waals surface area contributed by atoms with Gasteiger partial charge in [-0.05, 0) is 36.9 Å². The number of hydrogen-bond acceptors (Lipinski definition) is 7. The zero-order valence-electron chi connectivity index (χ0n) is 20.8. The Bertz CT molecular complexity index is 1590. The predicted octanol–water partition coefficient (Wildman–Crippen LogP) is 3.90. The molecule has 2 aliphatic heterocycles. The maximum atomic E-state index is 15.6. The lowest BCUT2D eigenvalue weighted by molar-refractivity contribution is -0.122. The Balaban J connectivity index is 1.52. The first-order chi connectivity index (χ1) is 17.8. The molecule has 190 valence electrons. The van der Waals surface area contributed by atoms with E-state index in [1.54, 1.807) is 6.20 Å². The fourth-order valence-electron chi connectivity index (χ4n) is 5.72. The summed E-state index contributed by atoms with van der Waals surface area (Å²) in [7, 11) is 1.81. The number of fused-ring (bicyclic) bond motifs is 2. The topological polar surface area (TPSA) is 103 Å². The standard InChI is InChI=1S/C27H27FN6O2S/c1-14(2)27(29-3)9-10-34(13-19(27)28)26-31-18-7-5-4-6-16(18)22(32-26)21-20(23(35)33-24(21)36)17-12-30-25-15(17)8-11-37-25/h4-8,11-12,14,19,29-30H,9-10,13H2,1-3H3,(H,33,35,36). The maximum absolute atomic E-state index is 15.6. The second-order valence-electron chi connectivity index (χ2n) is 9.90. The van der Waals surface area contributed by atoms with Crippen LogP contribution in [0.2, 0.25) is 0 Å². The number of rotatable bonds is 5. The van der Waals surface area contributed by atoms with Crippen molar-refractivity contribution in [1.29, 1.82) is 0 Å². The summed E-state index contributed by atoms with van der Waals surface area (Å²) in [6.45, 7) is 4.74. The minimum Gasteiger partial charge on any atom is -0.352 e. The first kappa shape index (κ1) is 23.7. The van der Waals surface area contributed by atoms with Crippen LogP contribution in [-0.2, 0) is 9.59 Å². The highest BCUT2D eigenvalue weighted by Gasteiger charge is 2.45. The van der Waals surface area contributed by atoms with E-state index in [1.807, 2.05) is 61.5 Å². The average molecular weight is 519 g/mol. The third kappa shape index (κ3) is 3.58. The van der Waals surface area contributed by atoms with Crippen LogP contribution in [-0.4, -0.2) is 58.6 Å². The van der Waals surface area contributed by atoms with Crippen molar-refractivity contribution in [1.82, 2.24) is 25.6 Å².